The first-order valence-corrected chi connectivity index (χ1v) is 3.99. The van der Waals surface area contributed by atoms with Gasteiger partial charge in [-0.3, -0.25) is 10.1 Å². The van der Waals surface area contributed by atoms with Crippen molar-refractivity contribution in [2.45, 2.75) is 12.0 Å². The van der Waals surface area contributed by atoms with Crippen molar-refractivity contribution in [2.75, 3.05) is 0 Å². The molecule has 1 aliphatic heterocycles. The minimum atomic E-state index is -4.68. The van der Waals surface area contributed by atoms with Gasteiger partial charge < -0.3 is 4.74 Å². The molecule has 0 fully saturated rings. The van der Waals surface area contributed by atoms with Gasteiger partial charge in [0.15, 0.2) is 0 Å². The quantitative estimate of drug-likeness (QED) is 0.428. The van der Waals surface area contributed by atoms with Crippen LogP contribution in [0.1, 0.15) is 5.56 Å². The smallest absolute Gasteiger partial charge is 0.427 e. The Balaban J connectivity index is 2.56. The molecule has 0 bridgehead atoms. The van der Waals surface area contributed by atoms with Gasteiger partial charge in [0.05, 0.1) is 16.6 Å². The number of nitro groups is 1. The molecule has 0 atom stereocenters. The number of alkyl halides is 4. The average Bonchev–Trinajstić information content (AvgIpc) is 2.32. The lowest BCUT2D eigenvalue weighted by Gasteiger charge is -2.15. The minimum Gasteiger partial charge on any atom is -0.427 e. The van der Waals surface area contributed by atoms with Crippen LogP contribution in [0.2, 0.25) is 0 Å². The second-order valence-corrected chi connectivity index (χ2v) is 3.13. The zero-order chi connectivity index (χ0) is 12.1. The fraction of sp³-hybridized carbons (Fsp3) is 0.250. The average molecular weight is 237 g/mol. The van der Waals surface area contributed by atoms with Gasteiger partial charge in [0.1, 0.15) is 5.75 Å². The highest BCUT2D eigenvalue weighted by Gasteiger charge is 2.66. The maximum absolute atomic E-state index is 13.0. The minimum absolute atomic E-state index is 0.546. The summed E-state index contributed by atoms with van der Waals surface area (Å²) in [4.78, 5) is 9.41. The van der Waals surface area contributed by atoms with Crippen LogP contribution in [0.25, 0.3) is 0 Å². The number of halogens is 4. The predicted molar refractivity (Wildman–Crippen MR) is 42.6 cm³/mol. The van der Waals surface area contributed by atoms with Crippen LogP contribution in [0.3, 0.4) is 0 Å². The third kappa shape index (κ3) is 1.22. The zero-order valence-electron chi connectivity index (χ0n) is 7.42. The molecule has 1 aliphatic rings. The number of non-ortho nitro benzene ring substituents is 1. The van der Waals surface area contributed by atoms with E-state index < -0.39 is 34.0 Å². The molecule has 0 amide bonds. The number of ether oxygens (including phenoxy) is 1. The number of hydrogen-bond donors (Lipinski definition) is 0. The predicted octanol–water partition coefficient (Wildman–Crippen LogP) is 2.67. The Morgan fingerprint density at radius 2 is 1.88 bits per heavy atom. The van der Waals surface area contributed by atoms with E-state index in [1.165, 1.54) is 0 Å². The van der Waals surface area contributed by atoms with Crippen LogP contribution in [-0.2, 0) is 5.92 Å². The number of nitrogens with zero attached hydrogens (tertiary/aromatic N) is 1. The molecule has 2 rings (SSSR count). The molecule has 0 saturated carbocycles. The van der Waals surface area contributed by atoms with Crippen LogP contribution in [-0.4, -0.2) is 11.0 Å². The molecule has 0 N–H and O–H groups in total. The van der Waals surface area contributed by atoms with E-state index in [9.17, 15) is 27.7 Å². The summed E-state index contributed by atoms with van der Waals surface area (Å²) in [6.07, 6.45) is -4.68. The zero-order valence-corrected chi connectivity index (χ0v) is 7.42. The van der Waals surface area contributed by atoms with Crippen LogP contribution in [0.15, 0.2) is 18.2 Å². The van der Waals surface area contributed by atoms with Gasteiger partial charge in [0.2, 0.25) is 0 Å². The number of nitro benzene ring substituents is 1. The number of fused-ring (bicyclic) bond motifs is 1. The Bertz CT molecular complexity index is 474. The molecule has 0 spiro atoms. The van der Waals surface area contributed by atoms with Crippen LogP contribution < -0.4 is 4.74 Å². The van der Waals surface area contributed by atoms with Crippen LogP contribution in [0.4, 0.5) is 23.2 Å². The van der Waals surface area contributed by atoms with E-state index in [0.29, 0.717) is 12.1 Å². The van der Waals surface area contributed by atoms with Crippen molar-refractivity contribution in [2.24, 2.45) is 0 Å². The lowest BCUT2D eigenvalue weighted by Crippen LogP contribution is -2.36. The van der Waals surface area contributed by atoms with E-state index in [-0.39, 0.29) is 0 Å². The molecule has 86 valence electrons. The van der Waals surface area contributed by atoms with Crippen molar-refractivity contribution in [1.29, 1.82) is 0 Å². The molecule has 0 aromatic heterocycles. The van der Waals surface area contributed by atoms with Crippen molar-refractivity contribution in [1.82, 2.24) is 0 Å². The molecule has 0 radical (unpaired) electrons. The maximum atomic E-state index is 13.0. The van der Waals surface area contributed by atoms with Gasteiger partial charge in [-0.25, -0.2) is 0 Å². The second kappa shape index (κ2) is 2.83. The summed E-state index contributed by atoms with van der Waals surface area (Å²) in [6, 6.07) is 1.83. The fourth-order valence-electron chi connectivity index (χ4n) is 1.33. The molecule has 0 saturated heterocycles. The van der Waals surface area contributed by atoms with Gasteiger partial charge in [-0.15, -0.1) is 0 Å². The van der Waals surface area contributed by atoms with Crippen LogP contribution >= 0.6 is 0 Å². The first-order valence-electron chi connectivity index (χ1n) is 3.99. The Morgan fingerprint density at radius 1 is 1.25 bits per heavy atom. The van der Waals surface area contributed by atoms with Crippen molar-refractivity contribution in [3.8, 4) is 5.75 Å². The molecule has 0 aliphatic carbocycles. The summed E-state index contributed by atoms with van der Waals surface area (Å²) in [5.41, 5.74) is -1.64. The summed E-state index contributed by atoms with van der Waals surface area (Å²) in [5.74, 6) is -5.35. The Kier molecular flexibility index (Phi) is 1.89. The Morgan fingerprint density at radius 3 is 2.44 bits per heavy atom. The second-order valence-electron chi connectivity index (χ2n) is 3.13. The topological polar surface area (TPSA) is 52.4 Å². The highest BCUT2D eigenvalue weighted by atomic mass is 19.3. The SMILES string of the molecule is O=[N+]([O-])c1ccc2c(c1)OC(F)(F)C2(F)F. The monoisotopic (exact) mass is 237 g/mol. The van der Waals surface area contributed by atoms with Crippen molar-refractivity contribution >= 4 is 5.69 Å². The third-order valence-corrected chi connectivity index (χ3v) is 2.12. The van der Waals surface area contributed by atoms with Gasteiger partial charge in [-0.1, -0.05) is 0 Å². The molecule has 4 nitrogen and oxygen atoms in total. The largest absolute Gasteiger partial charge is 0.469 e. The molecular formula is C8H3F4NO3. The summed E-state index contributed by atoms with van der Waals surface area (Å²) in [7, 11) is 0. The van der Waals surface area contributed by atoms with E-state index in [0.717, 1.165) is 6.07 Å². The standard InChI is InChI=1S/C8H3F4NO3/c9-7(10)5-2-1-4(13(14)15)3-6(5)16-8(7,11)12/h1-3H. The first-order chi connectivity index (χ1) is 7.25. The fourth-order valence-corrected chi connectivity index (χ4v) is 1.33. The van der Waals surface area contributed by atoms with E-state index in [2.05, 4.69) is 4.74 Å². The highest BCUT2D eigenvalue weighted by molar-refractivity contribution is 5.49. The molecular weight excluding hydrogens is 234 g/mol. The Hall–Kier alpha value is -1.86. The van der Waals surface area contributed by atoms with Gasteiger partial charge in [0.25, 0.3) is 5.69 Å². The molecule has 1 aromatic rings. The number of benzene rings is 1. The Labute approximate surface area is 85.6 Å². The van der Waals surface area contributed by atoms with E-state index in [1.54, 1.807) is 0 Å². The summed E-state index contributed by atoms with van der Waals surface area (Å²) >= 11 is 0. The molecule has 1 heterocycles. The van der Waals surface area contributed by atoms with Gasteiger partial charge >= 0.3 is 12.0 Å². The molecule has 0 unspecified atom stereocenters. The first kappa shape index (κ1) is 10.7. The number of hydrogen-bond acceptors (Lipinski definition) is 3. The lowest BCUT2D eigenvalue weighted by atomic mass is 10.1. The summed E-state index contributed by atoms with van der Waals surface area (Å²) in [6.45, 7) is 0. The highest BCUT2D eigenvalue weighted by Crippen LogP contribution is 2.53. The van der Waals surface area contributed by atoms with E-state index in [4.69, 9.17) is 0 Å². The lowest BCUT2D eigenvalue weighted by molar-refractivity contribution is -0.385. The number of rotatable bonds is 1. The van der Waals surface area contributed by atoms with Gasteiger partial charge in [-0.2, -0.15) is 17.6 Å². The van der Waals surface area contributed by atoms with Crippen molar-refractivity contribution in [3.63, 3.8) is 0 Å². The van der Waals surface area contributed by atoms with Crippen molar-refractivity contribution in [3.05, 3.63) is 33.9 Å². The summed E-state index contributed by atoms with van der Waals surface area (Å²) < 4.78 is 55.1. The third-order valence-electron chi connectivity index (χ3n) is 2.12. The van der Waals surface area contributed by atoms with E-state index in [1.807, 2.05) is 0 Å². The normalized spacial score (nSPS) is 20.0. The molecule has 8 heteroatoms. The van der Waals surface area contributed by atoms with Gasteiger partial charge in [-0.05, 0) is 6.07 Å². The van der Waals surface area contributed by atoms with Crippen LogP contribution in [0, 0.1) is 10.1 Å². The molecule has 16 heavy (non-hydrogen) atoms. The summed E-state index contributed by atoms with van der Waals surface area (Å²) in [5, 5.41) is 10.3. The van der Waals surface area contributed by atoms with Crippen molar-refractivity contribution < 1.29 is 27.2 Å². The maximum Gasteiger partial charge on any atom is 0.469 e. The van der Waals surface area contributed by atoms with Crippen LogP contribution in [0.5, 0.6) is 5.75 Å². The van der Waals surface area contributed by atoms with E-state index >= 15 is 0 Å². The van der Waals surface area contributed by atoms with Gasteiger partial charge in [0, 0.05) is 6.07 Å². The molecule has 1 aromatic carbocycles.